The molecule has 1 atom stereocenters. The van der Waals surface area contributed by atoms with Gasteiger partial charge in [0.1, 0.15) is 5.82 Å². The zero-order valence-corrected chi connectivity index (χ0v) is 9.12. The van der Waals surface area contributed by atoms with Crippen molar-refractivity contribution in [1.82, 2.24) is 0 Å². The highest BCUT2D eigenvalue weighted by Crippen LogP contribution is 2.17. The van der Waals surface area contributed by atoms with E-state index in [9.17, 15) is 4.39 Å². The molecule has 2 N–H and O–H groups in total. The zero-order valence-electron chi connectivity index (χ0n) is 9.12. The number of hydrogen-bond donors (Lipinski definition) is 1. The maximum absolute atomic E-state index is 12.9. The molecular formula is C12H16FNO2. The minimum Gasteiger partial charge on any atom is -0.398 e. The Morgan fingerprint density at radius 3 is 3.12 bits per heavy atom. The van der Waals surface area contributed by atoms with Crippen LogP contribution < -0.4 is 5.73 Å². The second kappa shape index (κ2) is 5.27. The van der Waals surface area contributed by atoms with Crippen molar-refractivity contribution in [2.75, 3.05) is 25.6 Å². The van der Waals surface area contributed by atoms with Crippen LogP contribution in [0.3, 0.4) is 0 Å². The lowest BCUT2D eigenvalue weighted by Crippen LogP contribution is -2.09. The van der Waals surface area contributed by atoms with E-state index in [4.69, 9.17) is 15.2 Å². The maximum atomic E-state index is 12.9. The number of halogens is 1. The SMILES string of the molecule is Nc1ccc(F)cc1COCC1CCOC1. The Bertz CT molecular complexity index is 351. The monoisotopic (exact) mass is 225 g/mol. The first-order valence-corrected chi connectivity index (χ1v) is 5.45. The van der Waals surface area contributed by atoms with E-state index in [0.29, 0.717) is 30.4 Å². The van der Waals surface area contributed by atoms with Gasteiger partial charge in [-0.3, -0.25) is 0 Å². The molecule has 2 rings (SSSR count). The van der Waals surface area contributed by atoms with Crippen molar-refractivity contribution in [2.24, 2.45) is 5.92 Å². The molecule has 16 heavy (non-hydrogen) atoms. The Labute approximate surface area is 94.3 Å². The van der Waals surface area contributed by atoms with Crippen LogP contribution in [-0.4, -0.2) is 19.8 Å². The van der Waals surface area contributed by atoms with Gasteiger partial charge >= 0.3 is 0 Å². The van der Waals surface area contributed by atoms with Gasteiger partial charge in [-0.2, -0.15) is 0 Å². The summed E-state index contributed by atoms with van der Waals surface area (Å²) in [7, 11) is 0. The molecular weight excluding hydrogens is 209 g/mol. The molecule has 1 aliphatic heterocycles. The predicted molar refractivity (Wildman–Crippen MR) is 59.4 cm³/mol. The lowest BCUT2D eigenvalue weighted by Gasteiger charge is -2.10. The Morgan fingerprint density at radius 1 is 1.50 bits per heavy atom. The molecule has 1 saturated heterocycles. The number of rotatable bonds is 4. The molecule has 0 aromatic heterocycles. The fourth-order valence-electron chi connectivity index (χ4n) is 1.75. The first kappa shape index (κ1) is 11.4. The molecule has 3 nitrogen and oxygen atoms in total. The van der Waals surface area contributed by atoms with Crippen LogP contribution in [0.4, 0.5) is 10.1 Å². The van der Waals surface area contributed by atoms with Gasteiger partial charge < -0.3 is 15.2 Å². The lowest BCUT2D eigenvalue weighted by atomic mass is 10.1. The predicted octanol–water partition coefficient (Wildman–Crippen LogP) is 1.96. The van der Waals surface area contributed by atoms with E-state index in [0.717, 1.165) is 19.6 Å². The van der Waals surface area contributed by atoms with Crippen molar-refractivity contribution in [1.29, 1.82) is 0 Å². The molecule has 0 aliphatic carbocycles. The van der Waals surface area contributed by atoms with Crippen molar-refractivity contribution in [3.63, 3.8) is 0 Å². The van der Waals surface area contributed by atoms with Crippen LogP contribution in [0.2, 0.25) is 0 Å². The van der Waals surface area contributed by atoms with E-state index < -0.39 is 0 Å². The number of anilines is 1. The summed E-state index contributed by atoms with van der Waals surface area (Å²) in [4.78, 5) is 0. The fraction of sp³-hybridized carbons (Fsp3) is 0.500. The number of benzene rings is 1. The second-order valence-electron chi connectivity index (χ2n) is 4.09. The molecule has 0 spiro atoms. The highest BCUT2D eigenvalue weighted by molar-refractivity contribution is 5.46. The molecule has 0 amide bonds. The number of ether oxygens (including phenoxy) is 2. The van der Waals surface area contributed by atoms with Gasteiger partial charge in [0.05, 0.1) is 19.8 Å². The van der Waals surface area contributed by atoms with E-state index in [1.807, 2.05) is 0 Å². The summed E-state index contributed by atoms with van der Waals surface area (Å²) in [5, 5.41) is 0. The van der Waals surface area contributed by atoms with E-state index >= 15 is 0 Å². The minimum atomic E-state index is -0.281. The highest BCUT2D eigenvalue weighted by atomic mass is 19.1. The first-order chi connectivity index (χ1) is 7.75. The van der Waals surface area contributed by atoms with Crippen LogP contribution in [-0.2, 0) is 16.1 Å². The van der Waals surface area contributed by atoms with Crippen molar-refractivity contribution < 1.29 is 13.9 Å². The van der Waals surface area contributed by atoms with Gasteiger partial charge in [0.15, 0.2) is 0 Å². The standard InChI is InChI=1S/C12H16FNO2/c13-11-1-2-12(14)10(5-11)8-16-7-9-3-4-15-6-9/h1-2,5,9H,3-4,6-8,14H2. The number of nitrogens with two attached hydrogens (primary N) is 1. The van der Waals surface area contributed by atoms with Gasteiger partial charge in [0.25, 0.3) is 0 Å². The topological polar surface area (TPSA) is 44.5 Å². The smallest absolute Gasteiger partial charge is 0.123 e. The third-order valence-electron chi connectivity index (χ3n) is 2.74. The molecule has 1 aliphatic rings. The molecule has 4 heteroatoms. The third kappa shape index (κ3) is 2.93. The van der Waals surface area contributed by atoms with Crippen LogP contribution >= 0.6 is 0 Å². The fourth-order valence-corrected chi connectivity index (χ4v) is 1.75. The molecule has 1 fully saturated rings. The second-order valence-corrected chi connectivity index (χ2v) is 4.09. The van der Waals surface area contributed by atoms with Crippen LogP contribution in [0.15, 0.2) is 18.2 Å². The van der Waals surface area contributed by atoms with Gasteiger partial charge in [-0.15, -0.1) is 0 Å². The summed E-state index contributed by atoms with van der Waals surface area (Å²) in [6, 6.07) is 4.33. The normalized spacial score (nSPS) is 20.2. The Morgan fingerprint density at radius 2 is 2.38 bits per heavy atom. The molecule has 0 bridgehead atoms. The van der Waals surface area contributed by atoms with Gasteiger partial charge in [-0.05, 0) is 24.6 Å². The quantitative estimate of drug-likeness (QED) is 0.797. The molecule has 1 heterocycles. The van der Waals surface area contributed by atoms with Gasteiger partial charge in [0, 0.05) is 23.8 Å². The van der Waals surface area contributed by atoms with E-state index in [2.05, 4.69) is 0 Å². The van der Waals surface area contributed by atoms with Crippen LogP contribution in [0.25, 0.3) is 0 Å². The Hall–Kier alpha value is -1.13. The summed E-state index contributed by atoms with van der Waals surface area (Å²) in [6.45, 7) is 2.59. The van der Waals surface area contributed by atoms with Crippen LogP contribution in [0.5, 0.6) is 0 Å². The summed E-state index contributed by atoms with van der Waals surface area (Å²) in [5.74, 6) is 0.187. The largest absolute Gasteiger partial charge is 0.398 e. The highest BCUT2D eigenvalue weighted by Gasteiger charge is 2.15. The van der Waals surface area contributed by atoms with E-state index in [-0.39, 0.29) is 5.82 Å². The first-order valence-electron chi connectivity index (χ1n) is 5.45. The molecule has 0 saturated carbocycles. The van der Waals surface area contributed by atoms with Crippen molar-refractivity contribution >= 4 is 5.69 Å². The summed E-state index contributed by atoms with van der Waals surface area (Å²) in [5.41, 5.74) is 6.99. The molecule has 1 unspecified atom stereocenters. The lowest BCUT2D eigenvalue weighted by molar-refractivity contribution is 0.0793. The zero-order chi connectivity index (χ0) is 11.4. The van der Waals surface area contributed by atoms with Crippen molar-refractivity contribution in [2.45, 2.75) is 13.0 Å². The molecule has 0 radical (unpaired) electrons. The summed E-state index contributed by atoms with van der Waals surface area (Å²) in [6.07, 6.45) is 1.04. The van der Waals surface area contributed by atoms with Crippen LogP contribution in [0.1, 0.15) is 12.0 Å². The average Bonchev–Trinajstić information content (AvgIpc) is 2.76. The Kier molecular flexibility index (Phi) is 3.74. The number of hydrogen-bond acceptors (Lipinski definition) is 3. The molecule has 1 aromatic rings. The van der Waals surface area contributed by atoms with Crippen molar-refractivity contribution in [3.05, 3.63) is 29.6 Å². The van der Waals surface area contributed by atoms with Crippen molar-refractivity contribution in [3.8, 4) is 0 Å². The molecule has 88 valence electrons. The Balaban J connectivity index is 1.82. The maximum Gasteiger partial charge on any atom is 0.123 e. The van der Waals surface area contributed by atoms with E-state index in [1.54, 1.807) is 6.07 Å². The summed E-state index contributed by atoms with van der Waals surface area (Å²) >= 11 is 0. The molecule has 1 aromatic carbocycles. The van der Waals surface area contributed by atoms with E-state index in [1.165, 1.54) is 12.1 Å². The summed E-state index contributed by atoms with van der Waals surface area (Å²) < 4.78 is 23.7. The van der Waals surface area contributed by atoms with Crippen LogP contribution in [0, 0.1) is 11.7 Å². The van der Waals surface area contributed by atoms with Gasteiger partial charge in [-0.1, -0.05) is 0 Å². The minimum absolute atomic E-state index is 0.281. The number of nitrogen functional groups attached to an aromatic ring is 1. The van der Waals surface area contributed by atoms with Gasteiger partial charge in [-0.25, -0.2) is 4.39 Å². The average molecular weight is 225 g/mol. The van der Waals surface area contributed by atoms with Gasteiger partial charge in [0.2, 0.25) is 0 Å². The third-order valence-corrected chi connectivity index (χ3v) is 2.74.